The van der Waals surface area contributed by atoms with Crippen molar-refractivity contribution < 1.29 is 13.2 Å². The van der Waals surface area contributed by atoms with Crippen molar-refractivity contribution in [1.82, 2.24) is 0 Å². The Morgan fingerprint density at radius 2 is 1.94 bits per heavy atom. The zero-order valence-electron chi connectivity index (χ0n) is 7.91. The zero-order chi connectivity index (χ0) is 12.3. The van der Waals surface area contributed by atoms with Crippen LogP contribution in [0, 0.1) is 0 Å². The summed E-state index contributed by atoms with van der Waals surface area (Å²) in [6.45, 7) is 3.71. The first kappa shape index (κ1) is 13.6. The minimum absolute atomic E-state index is 0.00485. The molecule has 0 saturated heterocycles. The van der Waals surface area contributed by atoms with E-state index in [0.29, 0.717) is 0 Å². The minimum Gasteiger partial charge on any atom is -0.488 e. The van der Waals surface area contributed by atoms with Crippen molar-refractivity contribution in [2.24, 2.45) is 0 Å². The van der Waals surface area contributed by atoms with Crippen LogP contribution in [0.15, 0.2) is 29.7 Å². The van der Waals surface area contributed by atoms with Gasteiger partial charge in [0.1, 0.15) is 22.3 Å². The van der Waals surface area contributed by atoms with E-state index in [1.54, 1.807) is 0 Å². The van der Waals surface area contributed by atoms with Crippen LogP contribution in [-0.2, 0) is 9.05 Å². The monoisotopic (exact) mass is 300 g/mol. The molecule has 1 aromatic rings. The summed E-state index contributed by atoms with van der Waals surface area (Å²) in [4.78, 5) is -0.244. The summed E-state index contributed by atoms with van der Waals surface area (Å²) < 4.78 is 27.4. The fraction of sp³-hybridized carbons (Fsp3) is 0.111. The molecule has 0 aromatic heterocycles. The topological polar surface area (TPSA) is 43.4 Å². The molecule has 88 valence electrons. The fourth-order valence-electron chi connectivity index (χ4n) is 0.963. The molecule has 0 aliphatic heterocycles. The molecule has 0 saturated carbocycles. The maximum Gasteiger partial charge on any atom is 0.262 e. The van der Waals surface area contributed by atoms with Crippen LogP contribution in [0.3, 0.4) is 0 Å². The predicted molar refractivity (Wildman–Crippen MR) is 65.2 cm³/mol. The SMILES string of the molecule is C=CCOc1ccc(S(=O)(=O)Cl)c(Cl)c1Cl. The smallest absolute Gasteiger partial charge is 0.262 e. The van der Waals surface area contributed by atoms with E-state index in [9.17, 15) is 8.42 Å². The van der Waals surface area contributed by atoms with Crippen LogP contribution in [0.25, 0.3) is 0 Å². The number of rotatable bonds is 4. The molecule has 0 fully saturated rings. The number of ether oxygens (including phenoxy) is 1. The molecule has 0 atom stereocenters. The van der Waals surface area contributed by atoms with Crippen LogP contribution in [0.5, 0.6) is 5.75 Å². The van der Waals surface area contributed by atoms with Gasteiger partial charge in [0.15, 0.2) is 0 Å². The molecular weight excluding hydrogens is 295 g/mol. The Morgan fingerprint density at radius 1 is 1.31 bits per heavy atom. The Morgan fingerprint density at radius 3 is 2.44 bits per heavy atom. The molecule has 1 aromatic carbocycles. The summed E-state index contributed by atoms with van der Waals surface area (Å²) in [5, 5.41) is -0.150. The van der Waals surface area contributed by atoms with Crippen molar-refractivity contribution in [3.63, 3.8) is 0 Å². The van der Waals surface area contributed by atoms with Crippen molar-refractivity contribution in [1.29, 1.82) is 0 Å². The number of hydrogen-bond acceptors (Lipinski definition) is 3. The van der Waals surface area contributed by atoms with Crippen molar-refractivity contribution in [3.8, 4) is 5.75 Å². The van der Waals surface area contributed by atoms with Gasteiger partial charge in [0.25, 0.3) is 9.05 Å². The summed E-state index contributed by atoms with van der Waals surface area (Å²) in [6.07, 6.45) is 1.52. The van der Waals surface area contributed by atoms with Crippen molar-refractivity contribution in [3.05, 3.63) is 34.8 Å². The van der Waals surface area contributed by atoms with Gasteiger partial charge in [-0.25, -0.2) is 8.42 Å². The Hall–Kier alpha value is -0.420. The van der Waals surface area contributed by atoms with E-state index in [4.69, 9.17) is 38.6 Å². The van der Waals surface area contributed by atoms with Gasteiger partial charge < -0.3 is 4.74 Å². The third-order valence-corrected chi connectivity index (χ3v) is 3.97. The Labute approximate surface area is 108 Å². The van der Waals surface area contributed by atoms with Gasteiger partial charge in [0.05, 0.1) is 5.02 Å². The number of halogens is 3. The van der Waals surface area contributed by atoms with Crippen LogP contribution in [0.4, 0.5) is 0 Å². The molecule has 0 unspecified atom stereocenters. The molecule has 0 radical (unpaired) electrons. The zero-order valence-corrected chi connectivity index (χ0v) is 11.0. The highest BCUT2D eigenvalue weighted by Crippen LogP contribution is 2.37. The Bertz CT molecular complexity index is 511. The molecule has 3 nitrogen and oxygen atoms in total. The van der Waals surface area contributed by atoms with Gasteiger partial charge in [-0.05, 0) is 12.1 Å². The van der Waals surface area contributed by atoms with Gasteiger partial charge >= 0.3 is 0 Å². The lowest BCUT2D eigenvalue weighted by Gasteiger charge is -2.08. The first-order valence-corrected chi connectivity index (χ1v) is 7.10. The fourth-order valence-corrected chi connectivity index (χ4v) is 2.75. The van der Waals surface area contributed by atoms with E-state index in [-0.39, 0.29) is 27.3 Å². The molecule has 0 aliphatic rings. The van der Waals surface area contributed by atoms with E-state index in [1.165, 1.54) is 18.2 Å². The summed E-state index contributed by atoms with van der Waals surface area (Å²) in [5.74, 6) is 0.274. The lowest BCUT2D eigenvalue weighted by atomic mass is 10.3. The predicted octanol–water partition coefficient (Wildman–Crippen LogP) is 3.49. The molecule has 0 heterocycles. The van der Waals surface area contributed by atoms with E-state index < -0.39 is 9.05 Å². The van der Waals surface area contributed by atoms with Crippen LogP contribution in [0.1, 0.15) is 0 Å². The van der Waals surface area contributed by atoms with Gasteiger partial charge in [-0.15, -0.1) is 0 Å². The first-order valence-electron chi connectivity index (χ1n) is 4.04. The van der Waals surface area contributed by atoms with E-state index in [2.05, 4.69) is 6.58 Å². The molecule has 0 aliphatic carbocycles. The van der Waals surface area contributed by atoms with Crippen LogP contribution >= 0.6 is 33.9 Å². The van der Waals surface area contributed by atoms with Gasteiger partial charge in [-0.2, -0.15) is 0 Å². The molecule has 0 bridgehead atoms. The quantitative estimate of drug-likeness (QED) is 0.631. The standard InChI is InChI=1S/C9H7Cl3O3S/c1-2-5-15-6-3-4-7(16(12,13)14)9(11)8(6)10/h2-4H,1,5H2. The molecular formula is C9H7Cl3O3S. The van der Waals surface area contributed by atoms with Crippen molar-refractivity contribution in [2.45, 2.75) is 4.90 Å². The molecule has 16 heavy (non-hydrogen) atoms. The maximum atomic E-state index is 11.1. The molecule has 0 amide bonds. The third kappa shape index (κ3) is 3.04. The first-order chi connectivity index (χ1) is 7.38. The number of benzene rings is 1. The highest BCUT2D eigenvalue weighted by atomic mass is 35.7. The van der Waals surface area contributed by atoms with E-state index >= 15 is 0 Å². The molecule has 1 rings (SSSR count). The van der Waals surface area contributed by atoms with Crippen LogP contribution in [-0.4, -0.2) is 15.0 Å². The summed E-state index contributed by atoms with van der Waals surface area (Å²) in [7, 11) is 1.25. The van der Waals surface area contributed by atoms with E-state index in [1.807, 2.05) is 0 Å². The van der Waals surface area contributed by atoms with Gasteiger partial charge in [-0.3, -0.25) is 0 Å². The minimum atomic E-state index is -3.91. The largest absolute Gasteiger partial charge is 0.488 e. The van der Waals surface area contributed by atoms with Gasteiger partial charge in [0.2, 0.25) is 0 Å². The summed E-state index contributed by atoms with van der Waals surface area (Å²) >= 11 is 11.6. The highest BCUT2D eigenvalue weighted by molar-refractivity contribution is 8.13. The Kier molecular flexibility index (Phi) is 4.50. The van der Waals surface area contributed by atoms with E-state index in [0.717, 1.165) is 0 Å². The Balaban J connectivity index is 3.23. The second-order valence-corrected chi connectivity index (χ2v) is 6.02. The van der Waals surface area contributed by atoms with Crippen molar-refractivity contribution in [2.75, 3.05) is 6.61 Å². The average Bonchev–Trinajstić information content (AvgIpc) is 2.18. The summed E-state index contributed by atoms with van der Waals surface area (Å²) in [5.41, 5.74) is 0. The molecule has 0 spiro atoms. The van der Waals surface area contributed by atoms with Crippen molar-refractivity contribution >= 4 is 42.9 Å². The second kappa shape index (κ2) is 5.27. The van der Waals surface area contributed by atoms with Gasteiger partial charge in [0, 0.05) is 10.7 Å². The lowest BCUT2D eigenvalue weighted by Crippen LogP contribution is -1.97. The number of hydrogen-bond donors (Lipinski definition) is 0. The third-order valence-electron chi connectivity index (χ3n) is 1.63. The molecule has 7 heteroatoms. The average molecular weight is 302 g/mol. The normalized spacial score (nSPS) is 11.2. The summed E-state index contributed by atoms with van der Waals surface area (Å²) in [6, 6.07) is 2.61. The molecule has 0 N–H and O–H groups in total. The van der Waals surface area contributed by atoms with Crippen LogP contribution < -0.4 is 4.74 Å². The second-order valence-electron chi connectivity index (χ2n) is 2.73. The lowest BCUT2D eigenvalue weighted by molar-refractivity contribution is 0.363. The van der Waals surface area contributed by atoms with Crippen LogP contribution in [0.2, 0.25) is 10.0 Å². The highest BCUT2D eigenvalue weighted by Gasteiger charge is 2.19. The van der Waals surface area contributed by atoms with Gasteiger partial charge in [-0.1, -0.05) is 35.9 Å². The maximum absolute atomic E-state index is 11.1.